The van der Waals surface area contributed by atoms with E-state index in [1.807, 2.05) is 6.21 Å². The number of rotatable bonds is 4. The minimum absolute atomic E-state index is 1.03. The number of hydrogen-bond acceptors (Lipinski definition) is 2. The minimum atomic E-state index is 1.03. The van der Waals surface area contributed by atoms with Crippen LogP contribution in [0.5, 0.6) is 0 Å². The topological polar surface area (TPSA) is 20.0 Å². The van der Waals surface area contributed by atoms with Crippen molar-refractivity contribution in [2.24, 2.45) is 5.10 Å². The molecule has 1 N–H and O–H groups in total. The monoisotopic (exact) mass is 294 g/mol. The van der Waals surface area contributed by atoms with Gasteiger partial charge >= 0.3 is 0 Å². The molecule has 0 amide bonds. The van der Waals surface area contributed by atoms with Crippen molar-refractivity contribution in [2.75, 3.05) is 26.2 Å². The van der Waals surface area contributed by atoms with Crippen LogP contribution >= 0.6 is 0 Å². The number of piperazine rings is 1. The van der Waals surface area contributed by atoms with Crippen molar-refractivity contribution in [1.82, 2.24) is 5.01 Å². The number of quaternary nitrogens is 1. The van der Waals surface area contributed by atoms with Gasteiger partial charge in [0.05, 0.1) is 32.4 Å². The molecule has 1 saturated heterocycles. The summed E-state index contributed by atoms with van der Waals surface area (Å²) in [5, 5.41) is 6.81. The molecule has 1 fully saturated rings. The van der Waals surface area contributed by atoms with E-state index in [9.17, 15) is 0 Å². The third-order valence-electron chi connectivity index (χ3n) is 4.19. The van der Waals surface area contributed by atoms with Crippen LogP contribution in [-0.4, -0.2) is 37.4 Å². The Bertz CT molecular complexity index is 596. The fourth-order valence-electron chi connectivity index (χ4n) is 2.79. The average Bonchev–Trinajstić information content (AvgIpc) is 2.57. The number of hydrogen-bond donors (Lipinski definition) is 1. The molecule has 0 saturated carbocycles. The molecule has 3 nitrogen and oxygen atoms in total. The molecule has 0 aromatic heterocycles. The molecule has 1 aliphatic rings. The smallest absolute Gasteiger partial charge is 0.103 e. The Hall–Kier alpha value is -2.13. The molecule has 0 bridgehead atoms. The van der Waals surface area contributed by atoms with Crippen LogP contribution in [0.2, 0.25) is 0 Å². The minimum Gasteiger partial charge on any atom is -0.328 e. The van der Waals surface area contributed by atoms with Gasteiger partial charge in [-0.05, 0) is 12.5 Å². The maximum Gasteiger partial charge on any atom is 0.103 e. The second-order valence-corrected chi connectivity index (χ2v) is 6.02. The maximum absolute atomic E-state index is 4.62. The van der Waals surface area contributed by atoms with E-state index >= 15 is 0 Å². The third kappa shape index (κ3) is 4.18. The average molecular weight is 294 g/mol. The van der Waals surface area contributed by atoms with Gasteiger partial charge in [0.2, 0.25) is 0 Å². The lowest BCUT2D eigenvalue weighted by Crippen LogP contribution is -3.13. The quantitative estimate of drug-likeness (QED) is 0.852. The highest BCUT2D eigenvalue weighted by Gasteiger charge is 2.18. The molecule has 2 aromatic carbocycles. The van der Waals surface area contributed by atoms with Crippen molar-refractivity contribution < 1.29 is 4.90 Å². The summed E-state index contributed by atoms with van der Waals surface area (Å²) in [6.45, 7) is 7.60. The van der Waals surface area contributed by atoms with E-state index in [1.54, 1.807) is 4.90 Å². The Balaban J connectivity index is 1.48. The summed E-state index contributed by atoms with van der Waals surface area (Å²) < 4.78 is 0. The summed E-state index contributed by atoms with van der Waals surface area (Å²) in [5.74, 6) is 0. The number of aryl methyl sites for hydroxylation is 1. The largest absolute Gasteiger partial charge is 0.328 e. The first-order chi connectivity index (χ1) is 10.8. The van der Waals surface area contributed by atoms with Crippen LogP contribution in [0, 0.1) is 6.92 Å². The van der Waals surface area contributed by atoms with Crippen LogP contribution in [0.4, 0.5) is 0 Å². The zero-order valence-corrected chi connectivity index (χ0v) is 13.2. The summed E-state index contributed by atoms with van der Waals surface area (Å²) in [4.78, 5) is 1.65. The summed E-state index contributed by atoms with van der Waals surface area (Å²) in [7, 11) is 0. The van der Waals surface area contributed by atoms with Gasteiger partial charge in [-0.25, -0.2) is 0 Å². The summed E-state index contributed by atoms with van der Waals surface area (Å²) in [6.07, 6.45) is 1.97. The second kappa shape index (κ2) is 7.23. The predicted octanol–water partition coefficient (Wildman–Crippen LogP) is 1.73. The zero-order valence-electron chi connectivity index (χ0n) is 13.2. The van der Waals surface area contributed by atoms with Crippen LogP contribution in [0.15, 0.2) is 59.7 Å². The van der Waals surface area contributed by atoms with Crippen molar-refractivity contribution in [3.05, 3.63) is 71.3 Å². The van der Waals surface area contributed by atoms with E-state index in [0.717, 1.165) is 32.7 Å². The highest BCUT2D eigenvalue weighted by Crippen LogP contribution is 2.01. The van der Waals surface area contributed by atoms with Gasteiger partial charge in [0.25, 0.3) is 0 Å². The molecule has 1 aliphatic heterocycles. The summed E-state index contributed by atoms with van der Waals surface area (Å²) >= 11 is 0. The van der Waals surface area contributed by atoms with Crippen molar-refractivity contribution in [1.29, 1.82) is 0 Å². The Morgan fingerprint density at radius 1 is 1.00 bits per heavy atom. The zero-order chi connectivity index (χ0) is 15.2. The molecule has 0 atom stereocenters. The van der Waals surface area contributed by atoms with E-state index in [-0.39, 0.29) is 0 Å². The fourth-order valence-corrected chi connectivity index (χ4v) is 2.79. The van der Waals surface area contributed by atoms with E-state index in [2.05, 4.69) is 71.6 Å². The highest BCUT2D eigenvalue weighted by atomic mass is 15.5. The molecule has 2 aromatic rings. The van der Waals surface area contributed by atoms with Gasteiger partial charge in [0.1, 0.15) is 6.54 Å². The fraction of sp³-hybridized carbons (Fsp3) is 0.316. The lowest BCUT2D eigenvalue weighted by Gasteiger charge is -2.30. The highest BCUT2D eigenvalue weighted by molar-refractivity contribution is 5.79. The maximum atomic E-state index is 4.62. The molecule has 3 rings (SSSR count). The second-order valence-electron chi connectivity index (χ2n) is 6.02. The molecule has 0 spiro atoms. The van der Waals surface area contributed by atoms with E-state index in [0.29, 0.717) is 0 Å². The van der Waals surface area contributed by atoms with Crippen molar-refractivity contribution in [3.8, 4) is 0 Å². The molecule has 22 heavy (non-hydrogen) atoms. The predicted molar refractivity (Wildman–Crippen MR) is 91.2 cm³/mol. The summed E-state index contributed by atoms with van der Waals surface area (Å²) in [6, 6.07) is 19.3. The first kappa shape index (κ1) is 14.8. The van der Waals surface area contributed by atoms with E-state index in [4.69, 9.17) is 0 Å². The molecular weight excluding hydrogens is 270 g/mol. The van der Waals surface area contributed by atoms with Crippen LogP contribution in [0.25, 0.3) is 0 Å². The van der Waals surface area contributed by atoms with Gasteiger partial charge in [-0.2, -0.15) is 5.10 Å². The Kier molecular flexibility index (Phi) is 4.86. The van der Waals surface area contributed by atoms with Gasteiger partial charge in [-0.3, -0.25) is 5.01 Å². The first-order valence-electron chi connectivity index (χ1n) is 8.03. The molecule has 0 radical (unpaired) electrons. The molecule has 114 valence electrons. The summed E-state index contributed by atoms with van der Waals surface area (Å²) in [5.41, 5.74) is 3.88. The first-order valence-corrected chi connectivity index (χ1v) is 8.03. The standard InChI is InChI=1S/C19H23N3/c1-17-7-9-18(10-8-17)15-20-22-13-11-21(12-14-22)16-19-5-3-2-4-6-19/h2-10,15H,11-14,16H2,1H3/p+1/b20-15-. The van der Waals surface area contributed by atoms with Crippen LogP contribution < -0.4 is 4.90 Å². The van der Waals surface area contributed by atoms with Gasteiger partial charge in [-0.1, -0.05) is 60.2 Å². The molecular formula is C19H24N3+. The SMILES string of the molecule is Cc1ccc(/C=N\N2CC[NH+](Cc3ccccc3)CC2)cc1. The van der Waals surface area contributed by atoms with Gasteiger partial charge in [0.15, 0.2) is 0 Å². The van der Waals surface area contributed by atoms with Crippen molar-refractivity contribution >= 4 is 6.21 Å². The van der Waals surface area contributed by atoms with Gasteiger partial charge < -0.3 is 4.90 Å². The van der Waals surface area contributed by atoms with Crippen LogP contribution in [-0.2, 0) is 6.54 Å². The Morgan fingerprint density at radius 3 is 2.36 bits per heavy atom. The van der Waals surface area contributed by atoms with Gasteiger partial charge in [0, 0.05) is 5.56 Å². The van der Waals surface area contributed by atoms with E-state index in [1.165, 1.54) is 16.7 Å². The number of benzene rings is 2. The van der Waals surface area contributed by atoms with Crippen LogP contribution in [0.3, 0.4) is 0 Å². The lowest BCUT2D eigenvalue weighted by molar-refractivity contribution is -0.918. The molecule has 0 aliphatic carbocycles. The Labute approximate surface area is 132 Å². The Morgan fingerprint density at radius 2 is 1.68 bits per heavy atom. The van der Waals surface area contributed by atoms with E-state index < -0.39 is 0 Å². The molecule has 3 heteroatoms. The number of nitrogens with zero attached hydrogens (tertiary/aromatic N) is 2. The normalized spacial score (nSPS) is 16.3. The third-order valence-corrected chi connectivity index (χ3v) is 4.19. The van der Waals surface area contributed by atoms with Crippen molar-refractivity contribution in [2.45, 2.75) is 13.5 Å². The van der Waals surface area contributed by atoms with Crippen LogP contribution in [0.1, 0.15) is 16.7 Å². The lowest BCUT2D eigenvalue weighted by atomic mass is 10.2. The molecule has 0 unspecified atom stereocenters. The van der Waals surface area contributed by atoms with Crippen molar-refractivity contribution in [3.63, 3.8) is 0 Å². The molecule has 1 heterocycles. The number of nitrogens with one attached hydrogen (secondary N) is 1. The number of hydrazone groups is 1. The van der Waals surface area contributed by atoms with Gasteiger partial charge in [-0.15, -0.1) is 0 Å².